The van der Waals surface area contributed by atoms with Crippen molar-refractivity contribution in [1.29, 1.82) is 0 Å². The van der Waals surface area contributed by atoms with E-state index in [1.54, 1.807) is 33.0 Å². The number of pyridine rings is 2. The van der Waals surface area contributed by atoms with Crippen molar-refractivity contribution in [2.24, 2.45) is 0 Å². The first-order chi connectivity index (χ1) is 17.0. The Morgan fingerprint density at radius 2 is 1.92 bits per heavy atom. The zero-order chi connectivity index (χ0) is 26.0. The molecule has 0 aliphatic rings. The molecule has 4 rings (SSSR count). The molecule has 36 heavy (non-hydrogen) atoms. The molecule has 0 unspecified atom stereocenters. The van der Waals surface area contributed by atoms with Crippen LogP contribution in [0, 0.1) is 6.92 Å². The third-order valence-electron chi connectivity index (χ3n) is 4.96. The number of anilines is 2. The van der Waals surface area contributed by atoms with Gasteiger partial charge >= 0.3 is 211 Å². The van der Waals surface area contributed by atoms with Gasteiger partial charge in [0.15, 0.2) is 0 Å². The number of ether oxygens (including phenoxy) is 1. The standard InChI is InChI=1S/C23H23F2N7O3Se/c1-11-5-12(13-6-15(18(24)25)27-9-17(13)35-4)14(7-26-11)19(33)31-22-30-16-8-28-21(32-20(16)36-22)29-10-23(2,3)34/h5-9,18,34H,10H2,1-4H3,(H,28,29,32)(H,30,31,33). The number of rotatable bonds is 8. The molecular formula is C23H23F2N7O3Se. The Balaban J connectivity index is 1.65. The van der Waals surface area contributed by atoms with E-state index in [1.165, 1.54) is 25.6 Å². The van der Waals surface area contributed by atoms with Crippen molar-refractivity contribution in [3.05, 3.63) is 47.7 Å². The van der Waals surface area contributed by atoms with E-state index in [2.05, 4.69) is 35.6 Å². The number of aromatic nitrogens is 5. The van der Waals surface area contributed by atoms with Gasteiger partial charge < -0.3 is 0 Å². The van der Waals surface area contributed by atoms with E-state index in [1.807, 2.05) is 0 Å². The van der Waals surface area contributed by atoms with Crippen LogP contribution >= 0.6 is 0 Å². The van der Waals surface area contributed by atoms with Crippen molar-refractivity contribution >= 4 is 41.0 Å². The Morgan fingerprint density at radius 1 is 1.14 bits per heavy atom. The van der Waals surface area contributed by atoms with Gasteiger partial charge in [-0.2, -0.15) is 0 Å². The number of alkyl halides is 2. The van der Waals surface area contributed by atoms with Crippen LogP contribution in [0.2, 0.25) is 0 Å². The van der Waals surface area contributed by atoms with Gasteiger partial charge in [0.25, 0.3) is 0 Å². The number of hydrogen-bond acceptors (Lipinski definition) is 9. The molecule has 188 valence electrons. The summed E-state index contributed by atoms with van der Waals surface area (Å²) in [6.07, 6.45) is 1.35. The van der Waals surface area contributed by atoms with E-state index in [0.29, 0.717) is 37.4 Å². The Hall–Kier alpha value is -3.54. The zero-order valence-electron chi connectivity index (χ0n) is 19.8. The van der Waals surface area contributed by atoms with Gasteiger partial charge in [-0.15, -0.1) is 0 Å². The third kappa shape index (κ3) is 5.81. The van der Waals surface area contributed by atoms with Crippen LogP contribution in [0.4, 0.5) is 19.4 Å². The monoisotopic (exact) mass is 563 g/mol. The second-order valence-corrected chi connectivity index (χ2v) is 10.6. The summed E-state index contributed by atoms with van der Waals surface area (Å²) in [7, 11) is 1.40. The van der Waals surface area contributed by atoms with E-state index in [0.717, 1.165) is 0 Å². The molecule has 0 saturated carbocycles. The van der Waals surface area contributed by atoms with Crippen molar-refractivity contribution in [2.45, 2.75) is 32.8 Å². The Morgan fingerprint density at radius 3 is 2.61 bits per heavy atom. The summed E-state index contributed by atoms with van der Waals surface area (Å²) in [6.45, 7) is 5.32. The van der Waals surface area contributed by atoms with E-state index in [9.17, 15) is 18.7 Å². The summed E-state index contributed by atoms with van der Waals surface area (Å²) in [6, 6.07) is 2.84. The van der Waals surface area contributed by atoms with Crippen LogP contribution in [0.15, 0.2) is 30.7 Å². The first kappa shape index (κ1) is 25.5. The van der Waals surface area contributed by atoms with Crippen LogP contribution in [0.3, 0.4) is 0 Å². The Labute approximate surface area is 211 Å². The van der Waals surface area contributed by atoms with E-state index in [4.69, 9.17) is 4.74 Å². The van der Waals surface area contributed by atoms with Crippen LogP contribution in [0.25, 0.3) is 21.0 Å². The summed E-state index contributed by atoms with van der Waals surface area (Å²) >= 11 is -0.408. The second kappa shape index (κ2) is 10.2. The maximum absolute atomic E-state index is 13.3. The zero-order valence-corrected chi connectivity index (χ0v) is 21.5. The van der Waals surface area contributed by atoms with Gasteiger partial charge in [-0.05, 0) is 0 Å². The molecule has 10 nitrogen and oxygen atoms in total. The van der Waals surface area contributed by atoms with Gasteiger partial charge in [-0.25, -0.2) is 0 Å². The summed E-state index contributed by atoms with van der Waals surface area (Å²) in [4.78, 5) is 34.2. The van der Waals surface area contributed by atoms with Crippen LogP contribution in [-0.2, 0) is 0 Å². The second-order valence-electron chi connectivity index (χ2n) is 8.50. The van der Waals surface area contributed by atoms with E-state index >= 15 is 0 Å². The number of fused-ring (bicyclic) bond motifs is 1. The third-order valence-corrected chi connectivity index (χ3v) is 6.81. The van der Waals surface area contributed by atoms with Crippen LogP contribution < -0.4 is 15.4 Å². The maximum atomic E-state index is 13.3. The molecule has 0 atom stereocenters. The molecule has 4 aromatic heterocycles. The minimum atomic E-state index is -2.78. The fraction of sp³-hybridized carbons (Fsp3) is 0.304. The van der Waals surface area contributed by atoms with Gasteiger partial charge in [0.05, 0.1) is 0 Å². The van der Waals surface area contributed by atoms with Gasteiger partial charge in [-0.1, -0.05) is 0 Å². The normalized spacial score (nSPS) is 11.7. The number of aryl methyl sites for hydroxylation is 1. The molecule has 4 aromatic rings. The van der Waals surface area contributed by atoms with Crippen LogP contribution in [0.5, 0.6) is 5.75 Å². The van der Waals surface area contributed by atoms with E-state index in [-0.39, 0.29) is 17.9 Å². The number of carbonyl (C=O) groups is 1. The van der Waals surface area contributed by atoms with Gasteiger partial charge in [0, 0.05) is 0 Å². The molecule has 0 aromatic carbocycles. The number of carbonyl (C=O) groups excluding carboxylic acids is 1. The molecule has 0 saturated heterocycles. The van der Waals surface area contributed by atoms with Crippen molar-refractivity contribution in [2.75, 3.05) is 24.3 Å². The molecule has 3 N–H and O–H groups in total. The number of nitrogens with zero attached hydrogens (tertiary/aromatic N) is 5. The predicted molar refractivity (Wildman–Crippen MR) is 131 cm³/mol. The first-order valence-electron chi connectivity index (χ1n) is 10.7. The molecule has 0 bridgehead atoms. The van der Waals surface area contributed by atoms with Crippen molar-refractivity contribution < 1.29 is 23.4 Å². The first-order valence-corrected chi connectivity index (χ1v) is 12.5. The predicted octanol–water partition coefficient (Wildman–Crippen LogP) is 3.23. The van der Waals surface area contributed by atoms with Crippen molar-refractivity contribution in [3.63, 3.8) is 0 Å². The number of methoxy groups -OCH3 is 1. The topological polar surface area (TPSA) is 135 Å². The number of hydrogen-bond donors (Lipinski definition) is 3. The number of aliphatic hydroxyl groups is 1. The number of nitrogens with one attached hydrogen (secondary N) is 2. The molecule has 0 fully saturated rings. The average Bonchev–Trinajstić information content (AvgIpc) is 3.23. The van der Waals surface area contributed by atoms with Crippen molar-refractivity contribution in [1.82, 2.24) is 24.9 Å². The molecule has 4 heterocycles. The fourth-order valence-corrected chi connectivity index (χ4v) is 4.94. The molecule has 0 radical (unpaired) electrons. The van der Waals surface area contributed by atoms with Crippen molar-refractivity contribution in [3.8, 4) is 16.9 Å². The van der Waals surface area contributed by atoms with E-state index < -0.39 is 38.1 Å². The molecule has 13 heteroatoms. The van der Waals surface area contributed by atoms with Gasteiger partial charge in [0.1, 0.15) is 0 Å². The quantitative estimate of drug-likeness (QED) is 0.277. The van der Waals surface area contributed by atoms with Crippen LogP contribution in [0.1, 0.15) is 42.0 Å². The Bertz CT molecular complexity index is 1420. The average molecular weight is 562 g/mol. The van der Waals surface area contributed by atoms with Gasteiger partial charge in [0.2, 0.25) is 0 Å². The molecule has 0 spiro atoms. The number of halogens is 2. The molecule has 0 aliphatic heterocycles. The molecular weight excluding hydrogens is 539 g/mol. The summed E-state index contributed by atoms with van der Waals surface area (Å²) < 4.78 is 33.1. The van der Waals surface area contributed by atoms with Crippen LogP contribution in [-0.4, -0.2) is 69.7 Å². The summed E-state index contributed by atoms with van der Waals surface area (Å²) in [5.41, 5.74) is 0.610. The molecule has 1 amide bonds. The summed E-state index contributed by atoms with van der Waals surface area (Å²) in [5.74, 6) is 0.0946. The summed E-state index contributed by atoms with van der Waals surface area (Å²) in [5, 5.41) is 15.6. The Kier molecular flexibility index (Phi) is 7.25. The van der Waals surface area contributed by atoms with Gasteiger partial charge in [-0.3, -0.25) is 0 Å². The number of amides is 1. The fourth-order valence-electron chi connectivity index (χ4n) is 3.25. The minimum absolute atomic E-state index is 0.165. The molecule has 0 aliphatic carbocycles. The SMILES string of the molecule is COc1cnc(C(F)F)cc1-c1cc(C)ncc1C(=O)Nc1nc2cnc(NCC(C)(C)O)nc2[se]1.